The van der Waals surface area contributed by atoms with Crippen LogP contribution in [0, 0.1) is 5.82 Å². The summed E-state index contributed by atoms with van der Waals surface area (Å²) < 4.78 is 20.0. The number of hydrogen-bond acceptors (Lipinski definition) is 2. The fourth-order valence-corrected chi connectivity index (χ4v) is 4.20. The molecule has 1 saturated heterocycles. The van der Waals surface area contributed by atoms with Gasteiger partial charge in [0.15, 0.2) is 0 Å². The van der Waals surface area contributed by atoms with Crippen molar-refractivity contribution in [3.63, 3.8) is 0 Å². The van der Waals surface area contributed by atoms with E-state index in [0.29, 0.717) is 18.7 Å². The average Bonchev–Trinajstić information content (AvgIpc) is 3.36. The molecule has 1 amide bonds. The van der Waals surface area contributed by atoms with Crippen molar-refractivity contribution in [2.75, 3.05) is 13.2 Å². The van der Waals surface area contributed by atoms with Crippen LogP contribution >= 0.6 is 0 Å². The van der Waals surface area contributed by atoms with Crippen molar-refractivity contribution >= 4 is 5.91 Å². The highest BCUT2D eigenvalue weighted by molar-refractivity contribution is 5.91. The van der Waals surface area contributed by atoms with E-state index >= 15 is 0 Å². The lowest BCUT2D eigenvalue weighted by molar-refractivity contribution is -0.152. The summed E-state index contributed by atoms with van der Waals surface area (Å²) in [4.78, 5) is 15.2. The number of ether oxygens (including phenoxy) is 1. The Hall–Kier alpha value is -1.42. The third-order valence-corrected chi connectivity index (χ3v) is 5.54. The minimum atomic E-state index is -0.606. The Labute approximate surface area is 130 Å². The fraction of sp³-hybridized carbons (Fsp3) is 0.611. The van der Waals surface area contributed by atoms with Gasteiger partial charge >= 0.3 is 0 Å². The molecule has 0 bridgehead atoms. The zero-order chi connectivity index (χ0) is 15.2. The van der Waals surface area contributed by atoms with E-state index in [9.17, 15) is 9.18 Å². The van der Waals surface area contributed by atoms with Gasteiger partial charge < -0.3 is 9.64 Å². The minimum absolute atomic E-state index is 0.123. The molecule has 2 atom stereocenters. The molecule has 0 spiro atoms. The van der Waals surface area contributed by atoms with Crippen LogP contribution in [0.2, 0.25) is 0 Å². The summed E-state index contributed by atoms with van der Waals surface area (Å²) in [5.74, 6) is -0.125. The lowest BCUT2D eigenvalue weighted by atomic mass is 9.87. The monoisotopic (exact) mass is 303 g/mol. The number of morpholine rings is 1. The topological polar surface area (TPSA) is 29.5 Å². The van der Waals surface area contributed by atoms with Gasteiger partial charge in [-0.25, -0.2) is 4.39 Å². The van der Waals surface area contributed by atoms with Gasteiger partial charge in [0.25, 0.3) is 0 Å². The fourth-order valence-electron chi connectivity index (χ4n) is 4.20. The summed E-state index contributed by atoms with van der Waals surface area (Å²) in [6.45, 7) is 1.26. The third-order valence-electron chi connectivity index (χ3n) is 5.54. The van der Waals surface area contributed by atoms with E-state index < -0.39 is 5.41 Å². The van der Waals surface area contributed by atoms with Crippen molar-refractivity contribution in [3.05, 3.63) is 35.6 Å². The second-order valence-electron chi connectivity index (χ2n) is 6.82. The number of amides is 1. The van der Waals surface area contributed by atoms with Gasteiger partial charge in [-0.15, -0.1) is 0 Å². The highest BCUT2D eigenvalue weighted by Crippen LogP contribution is 2.51. The van der Waals surface area contributed by atoms with E-state index in [2.05, 4.69) is 0 Å². The maximum absolute atomic E-state index is 14.2. The number of benzene rings is 1. The quantitative estimate of drug-likeness (QED) is 0.840. The summed E-state index contributed by atoms with van der Waals surface area (Å²) in [5, 5.41) is 0. The zero-order valence-electron chi connectivity index (χ0n) is 12.8. The van der Waals surface area contributed by atoms with Crippen molar-refractivity contribution in [1.82, 2.24) is 4.90 Å². The van der Waals surface area contributed by atoms with Gasteiger partial charge in [-0.2, -0.15) is 0 Å². The van der Waals surface area contributed by atoms with Crippen LogP contribution in [-0.4, -0.2) is 36.1 Å². The second-order valence-corrected chi connectivity index (χ2v) is 6.82. The number of halogens is 1. The summed E-state index contributed by atoms with van der Waals surface area (Å²) >= 11 is 0. The van der Waals surface area contributed by atoms with Gasteiger partial charge in [0.2, 0.25) is 5.91 Å². The molecule has 22 heavy (non-hydrogen) atoms. The van der Waals surface area contributed by atoms with Crippen molar-refractivity contribution in [3.8, 4) is 0 Å². The first-order valence-corrected chi connectivity index (χ1v) is 8.40. The number of nitrogens with zero attached hydrogens (tertiary/aromatic N) is 1. The standard InChI is InChI=1S/C18H22FNO2/c19-14-6-2-1-5-13(14)18(9-10-18)17(21)20-11-12-22-16-8-4-3-7-15(16)20/h1-2,5-6,15-16H,3-4,7-12H2. The number of carbonyl (C=O) groups excluding carboxylic acids is 1. The van der Waals surface area contributed by atoms with Crippen LogP contribution < -0.4 is 0 Å². The molecular weight excluding hydrogens is 281 g/mol. The summed E-state index contributed by atoms with van der Waals surface area (Å²) in [5.41, 5.74) is -0.0242. The minimum Gasteiger partial charge on any atom is -0.374 e. The van der Waals surface area contributed by atoms with Crippen molar-refractivity contribution in [2.24, 2.45) is 0 Å². The molecule has 2 unspecified atom stereocenters. The lowest BCUT2D eigenvalue weighted by Gasteiger charge is -2.45. The maximum atomic E-state index is 14.2. The molecule has 0 radical (unpaired) electrons. The average molecular weight is 303 g/mol. The Kier molecular flexibility index (Phi) is 3.44. The molecule has 1 aliphatic heterocycles. The van der Waals surface area contributed by atoms with Gasteiger partial charge in [-0.1, -0.05) is 31.0 Å². The third kappa shape index (κ3) is 2.16. The molecule has 1 aromatic rings. The number of fused-ring (bicyclic) bond motifs is 1. The zero-order valence-corrected chi connectivity index (χ0v) is 12.8. The smallest absolute Gasteiger partial charge is 0.233 e. The van der Waals surface area contributed by atoms with Crippen LogP contribution in [0.5, 0.6) is 0 Å². The van der Waals surface area contributed by atoms with Gasteiger partial charge in [0.05, 0.1) is 24.2 Å². The van der Waals surface area contributed by atoms with Crippen LogP contribution in [0.4, 0.5) is 4.39 Å². The molecule has 4 heteroatoms. The highest BCUT2D eigenvalue weighted by atomic mass is 19.1. The Morgan fingerprint density at radius 3 is 2.77 bits per heavy atom. The Balaban J connectivity index is 1.62. The molecule has 2 saturated carbocycles. The molecule has 3 aliphatic rings. The molecule has 1 aromatic carbocycles. The second kappa shape index (κ2) is 5.34. The van der Waals surface area contributed by atoms with Gasteiger partial charge in [0, 0.05) is 12.1 Å². The lowest BCUT2D eigenvalue weighted by Crippen LogP contribution is -2.57. The van der Waals surface area contributed by atoms with Gasteiger partial charge in [0.1, 0.15) is 5.82 Å². The summed E-state index contributed by atoms with van der Waals surface area (Å²) in [7, 11) is 0. The molecule has 2 aliphatic carbocycles. The number of rotatable bonds is 2. The SMILES string of the molecule is O=C(N1CCOC2CCCCC21)C1(c2ccccc2F)CC1. The van der Waals surface area contributed by atoms with Crippen LogP contribution in [0.3, 0.4) is 0 Å². The van der Waals surface area contributed by atoms with Gasteiger partial charge in [-0.3, -0.25) is 4.79 Å². The largest absolute Gasteiger partial charge is 0.374 e. The Morgan fingerprint density at radius 2 is 2.00 bits per heavy atom. The summed E-state index contributed by atoms with van der Waals surface area (Å²) in [6, 6.07) is 6.95. The van der Waals surface area contributed by atoms with E-state index in [-0.39, 0.29) is 23.9 Å². The molecular formula is C18H22FNO2. The Morgan fingerprint density at radius 1 is 1.23 bits per heavy atom. The maximum Gasteiger partial charge on any atom is 0.233 e. The van der Waals surface area contributed by atoms with Crippen molar-refractivity contribution in [1.29, 1.82) is 0 Å². The van der Waals surface area contributed by atoms with E-state index in [1.807, 2.05) is 11.0 Å². The first-order valence-electron chi connectivity index (χ1n) is 8.40. The first-order chi connectivity index (χ1) is 10.7. The number of hydrogen-bond donors (Lipinski definition) is 0. The van der Waals surface area contributed by atoms with Gasteiger partial charge in [-0.05, 0) is 31.7 Å². The molecule has 4 rings (SSSR count). The van der Waals surface area contributed by atoms with Crippen molar-refractivity contribution in [2.45, 2.75) is 56.1 Å². The first kappa shape index (κ1) is 14.2. The molecule has 0 aromatic heterocycles. The Bertz CT molecular complexity index is 582. The normalized spacial score (nSPS) is 29.8. The summed E-state index contributed by atoms with van der Waals surface area (Å²) in [6.07, 6.45) is 6.11. The van der Waals surface area contributed by atoms with E-state index in [1.165, 1.54) is 12.5 Å². The predicted octanol–water partition coefficient (Wildman–Crippen LogP) is 3.03. The molecule has 3 fully saturated rings. The molecule has 118 valence electrons. The molecule has 0 N–H and O–H groups in total. The van der Waals surface area contributed by atoms with E-state index in [0.717, 1.165) is 32.1 Å². The van der Waals surface area contributed by atoms with Crippen LogP contribution in [-0.2, 0) is 14.9 Å². The van der Waals surface area contributed by atoms with E-state index in [4.69, 9.17) is 4.74 Å². The van der Waals surface area contributed by atoms with Crippen LogP contribution in [0.15, 0.2) is 24.3 Å². The van der Waals surface area contributed by atoms with E-state index in [1.54, 1.807) is 12.1 Å². The highest BCUT2D eigenvalue weighted by Gasteiger charge is 2.56. The molecule has 1 heterocycles. The van der Waals surface area contributed by atoms with Crippen LogP contribution in [0.1, 0.15) is 44.1 Å². The predicted molar refractivity (Wildman–Crippen MR) is 81.0 cm³/mol. The molecule has 3 nitrogen and oxygen atoms in total. The van der Waals surface area contributed by atoms with Crippen molar-refractivity contribution < 1.29 is 13.9 Å². The number of carbonyl (C=O) groups is 1. The van der Waals surface area contributed by atoms with Crippen LogP contribution in [0.25, 0.3) is 0 Å².